The number of pyridine rings is 1. The normalized spacial score (nSPS) is 21.1. The van der Waals surface area contributed by atoms with Crippen molar-refractivity contribution in [1.29, 1.82) is 0 Å². The number of hydrogen-bond acceptors (Lipinski definition) is 4. The van der Waals surface area contributed by atoms with E-state index >= 15 is 0 Å². The van der Waals surface area contributed by atoms with Crippen LogP contribution in [0.4, 0.5) is 0 Å². The second-order valence-corrected chi connectivity index (χ2v) is 8.02. The summed E-state index contributed by atoms with van der Waals surface area (Å²) >= 11 is 1.57. The van der Waals surface area contributed by atoms with Gasteiger partial charge in [0.25, 0.3) is 5.56 Å². The van der Waals surface area contributed by atoms with Gasteiger partial charge in [0.2, 0.25) is 0 Å². The molecule has 1 unspecified atom stereocenters. The Morgan fingerprint density at radius 1 is 1.15 bits per heavy atom. The summed E-state index contributed by atoms with van der Waals surface area (Å²) < 4.78 is 11.4. The van der Waals surface area contributed by atoms with Crippen molar-refractivity contribution in [3.05, 3.63) is 70.1 Å². The Morgan fingerprint density at radius 3 is 2.59 bits per heavy atom. The van der Waals surface area contributed by atoms with Crippen molar-refractivity contribution in [1.82, 2.24) is 9.29 Å². The van der Waals surface area contributed by atoms with Gasteiger partial charge in [-0.3, -0.25) is 9.52 Å². The minimum Gasteiger partial charge on any atom is -0.376 e. The van der Waals surface area contributed by atoms with Crippen LogP contribution in [0, 0.1) is 6.92 Å². The van der Waals surface area contributed by atoms with Gasteiger partial charge in [-0.05, 0) is 56.4 Å². The highest BCUT2D eigenvalue weighted by Crippen LogP contribution is 2.34. The average molecular weight is 387 g/mol. The first-order chi connectivity index (χ1) is 13.2. The first kappa shape index (κ1) is 20.2. The fraction of sp³-hybridized carbons (Fsp3) is 0.500. The number of rotatable bonds is 8. The van der Waals surface area contributed by atoms with Crippen molar-refractivity contribution in [3.63, 3.8) is 0 Å². The summed E-state index contributed by atoms with van der Waals surface area (Å²) in [5, 5.41) is 0. The average Bonchev–Trinajstić information content (AvgIpc) is 2.72. The Hall–Kier alpha value is -1.56. The molecule has 0 bridgehead atoms. The van der Waals surface area contributed by atoms with Crippen molar-refractivity contribution in [2.75, 3.05) is 19.4 Å². The Morgan fingerprint density at radius 2 is 1.89 bits per heavy atom. The van der Waals surface area contributed by atoms with Crippen LogP contribution in [0.1, 0.15) is 48.8 Å². The third-order valence-electron chi connectivity index (χ3n) is 5.49. The van der Waals surface area contributed by atoms with E-state index in [4.69, 9.17) is 4.74 Å². The molecular weight excluding hydrogens is 356 g/mol. The van der Waals surface area contributed by atoms with Crippen LogP contribution >= 0.6 is 11.9 Å². The highest BCUT2D eigenvalue weighted by Gasteiger charge is 2.24. The van der Waals surface area contributed by atoms with Crippen LogP contribution in [0.2, 0.25) is 0 Å². The molecule has 0 aliphatic heterocycles. The van der Waals surface area contributed by atoms with Crippen molar-refractivity contribution < 1.29 is 4.74 Å². The standard InChI is InChI=1S/C22H30N2O2S/c1-17-7-6-14-24(22(17)25)20(15-23-27-2)16-26-21-12-10-19(11-13-21)18-8-4-3-5-9-18/h3-9,14,19-21,23H,10-13,15-16H2,1-2H3. The van der Waals surface area contributed by atoms with Gasteiger partial charge in [0.1, 0.15) is 0 Å². The summed E-state index contributed by atoms with van der Waals surface area (Å²) in [6.45, 7) is 3.14. The lowest BCUT2D eigenvalue weighted by molar-refractivity contribution is 0.00741. The van der Waals surface area contributed by atoms with Crippen molar-refractivity contribution in [2.45, 2.75) is 50.7 Å². The van der Waals surface area contributed by atoms with Gasteiger partial charge in [0.15, 0.2) is 0 Å². The molecule has 1 N–H and O–H groups in total. The summed E-state index contributed by atoms with van der Waals surface area (Å²) in [6, 6.07) is 14.6. The molecule has 1 aromatic heterocycles. The van der Waals surface area contributed by atoms with Gasteiger partial charge in [0.05, 0.1) is 18.8 Å². The summed E-state index contributed by atoms with van der Waals surface area (Å²) in [4.78, 5) is 12.5. The number of aromatic nitrogens is 1. The molecule has 1 atom stereocenters. The van der Waals surface area contributed by atoms with Gasteiger partial charge < -0.3 is 9.30 Å². The van der Waals surface area contributed by atoms with Gasteiger partial charge in [0, 0.05) is 18.3 Å². The van der Waals surface area contributed by atoms with Gasteiger partial charge >= 0.3 is 0 Å². The maximum atomic E-state index is 12.5. The van der Waals surface area contributed by atoms with Crippen LogP contribution < -0.4 is 10.3 Å². The largest absolute Gasteiger partial charge is 0.376 e. The maximum absolute atomic E-state index is 12.5. The summed E-state index contributed by atoms with van der Waals surface area (Å²) in [7, 11) is 0. The molecule has 1 aliphatic carbocycles. The van der Waals surface area contributed by atoms with E-state index in [1.54, 1.807) is 11.9 Å². The second-order valence-electron chi connectivity index (χ2n) is 7.33. The Labute approximate surface area is 166 Å². The van der Waals surface area contributed by atoms with Crippen LogP contribution in [0.5, 0.6) is 0 Å². The zero-order chi connectivity index (χ0) is 19.1. The third kappa shape index (κ3) is 5.47. The molecular formula is C22H30N2O2S. The van der Waals surface area contributed by atoms with E-state index < -0.39 is 0 Å². The molecule has 5 heteroatoms. The highest BCUT2D eigenvalue weighted by atomic mass is 32.2. The van der Waals surface area contributed by atoms with E-state index in [1.807, 2.05) is 36.1 Å². The lowest BCUT2D eigenvalue weighted by atomic mass is 9.83. The van der Waals surface area contributed by atoms with Gasteiger partial charge in [-0.1, -0.05) is 48.3 Å². The molecule has 1 saturated carbocycles. The van der Waals surface area contributed by atoms with Crippen LogP contribution in [-0.2, 0) is 4.74 Å². The summed E-state index contributed by atoms with van der Waals surface area (Å²) in [5.41, 5.74) is 2.29. The minimum atomic E-state index is 0.0108. The van der Waals surface area contributed by atoms with E-state index in [1.165, 1.54) is 18.4 Å². The lowest BCUT2D eigenvalue weighted by Gasteiger charge is -2.30. The van der Waals surface area contributed by atoms with Gasteiger partial charge in [-0.2, -0.15) is 0 Å². The predicted octanol–water partition coefficient (Wildman–Crippen LogP) is 4.31. The SMILES string of the molecule is CSNCC(COC1CCC(c2ccccc2)CC1)n1cccc(C)c1=O. The number of hydrogen-bond donors (Lipinski definition) is 1. The molecule has 4 nitrogen and oxygen atoms in total. The molecule has 0 saturated heterocycles. The second kappa shape index (κ2) is 10.1. The Kier molecular flexibility index (Phi) is 7.56. The molecule has 146 valence electrons. The molecule has 1 aliphatic rings. The number of aryl methyl sites for hydroxylation is 1. The van der Waals surface area contributed by atoms with E-state index in [0.29, 0.717) is 25.2 Å². The monoisotopic (exact) mass is 386 g/mol. The molecule has 27 heavy (non-hydrogen) atoms. The summed E-state index contributed by atoms with van der Waals surface area (Å²) in [5.74, 6) is 0.652. The predicted molar refractivity (Wildman–Crippen MR) is 113 cm³/mol. The molecule has 1 fully saturated rings. The topological polar surface area (TPSA) is 43.3 Å². The zero-order valence-corrected chi connectivity index (χ0v) is 17.1. The minimum absolute atomic E-state index is 0.0108. The first-order valence-corrected chi connectivity index (χ1v) is 11.0. The number of benzene rings is 1. The number of nitrogens with one attached hydrogen (secondary N) is 1. The zero-order valence-electron chi connectivity index (χ0n) is 16.3. The molecule has 1 aromatic carbocycles. The number of nitrogens with zero attached hydrogens (tertiary/aromatic N) is 1. The maximum Gasteiger partial charge on any atom is 0.253 e. The quantitative estimate of drug-likeness (QED) is 0.687. The van der Waals surface area contributed by atoms with Gasteiger partial charge in [-0.25, -0.2) is 0 Å². The summed E-state index contributed by atoms with van der Waals surface area (Å²) in [6.07, 6.45) is 8.69. The third-order valence-corrected chi connectivity index (χ3v) is 5.95. The molecule has 3 rings (SSSR count). The smallest absolute Gasteiger partial charge is 0.253 e. The van der Waals surface area contributed by atoms with Gasteiger partial charge in [-0.15, -0.1) is 0 Å². The molecule has 2 aromatic rings. The van der Waals surface area contributed by atoms with Crippen LogP contribution in [0.25, 0.3) is 0 Å². The number of ether oxygens (including phenoxy) is 1. The van der Waals surface area contributed by atoms with E-state index in [9.17, 15) is 4.79 Å². The molecule has 0 radical (unpaired) electrons. The fourth-order valence-electron chi connectivity index (χ4n) is 3.86. The van der Waals surface area contributed by atoms with Crippen LogP contribution in [0.15, 0.2) is 53.5 Å². The molecule has 0 spiro atoms. The van der Waals surface area contributed by atoms with Crippen molar-refractivity contribution in [3.8, 4) is 0 Å². The van der Waals surface area contributed by atoms with Crippen molar-refractivity contribution >= 4 is 11.9 Å². The van der Waals surface area contributed by atoms with E-state index in [0.717, 1.165) is 18.4 Å². The lowest BCUT2D eigenvalue weighted by Crippen LogP contribution is -2.35. The van der Waals surface area contributed by atoms with Crippen molar-refractivity contribution in [2.24, 2.45) is 0 Å². The molecule has 0 amide bonds. The Balaban J connectivity index is 1.56. The van der Waals surface area contributed by atoms with E-state index in [2.05, 4.69) is 35.1 Å². The van der Waals surface area contributed by atoms with Crippen LogP contribution in [-0.4, -0.2) is 30.1 Å². The molecule has 1 heterocycles. The first-order valence-electron chi connectivity index (χ1n) is 9.79. The van der Waals surface area contributed by atoms with E-state index in [-0.39, 0.29) is 11.6 Å². The Bertz CT molecular complexity index is 754. The fourth-order valence-corrected chi connectivity index (χ4v) is 4.22. The highest BCUT2D eigenvalue weighted by molar-refractivity contribution is 7.96. The van der Waals surface area contributed by atoms with Crippen LogP contribution in [0.3, 0.4) is 0 Å².